The number of hydrogen-bond donors (Lipinski definition) is 2. The van der Waals surface area contributed by atoms with Crippen LogP contribution < -0.4 is 5.43 Å². The molecule has 3 aromatic rings. The fourth-order valence-corrected chi connectivity index (χ4v) is 2.69. The number of nitrogens with one attached hydrogen (secondary N) is 1. The Morgan fingerprint density at radius 2 is 2.09 bits per heavy atom. The summed E-state index contributed by atoms with van der Waals surface area (Å²) in [5.41, 5.74) is 3.51. The quantitative estimate of drug-likeness (QED) is 0.437. The minimum absolute atomic E-state index is 0.253. The van der Waals surface area contributed by atoms with E-state index in [1.807, 2.05) is 24.3 Å². The largest absolute Gasteiger partial charge is 0.502 e. The molecule has 0 spiro atoms. The maximum absolute atomic E-state index is 10.7. The van der Waals surface area contributed by atoms with Crippen LogP contribution in [0.3, 0.4) is 0 Å². The van der Waals surface area contributed by atoms with Crippen molar-refractivity contribution >= 4 is 38.6 Å². The number of nitro benzene ring substituents is 1. The van der Waals surface area contributed by atoms with E-state index in [9.17, 15) is 15.2 Å². The lowest BCUT2D eigenvalue weighted by Crippen LogP contribution is -1.93. The topological polar surface area (TPSA) is 101 Å². The van der Waals surface area contributed by atoms with Gasteiger partial charge in [0.25, 0.3) is 0 Å². The SMILES string of the molecule is O=[N+]([O-])c1cccc(/C=N/Nc2nc3ccccc3s2)c1O. The molecular weight excluding hydrogens is 304 g/mol. The summed E-state index contributed by atoms with van der Waals surface area (Å²) in [7, 11) is 0. The van der Waals surface area contributed by atoms with Crippen LogP contribution >= 0.6 is 11.3 Å². The molecule has 2 N–H and O–H groups in total. The third kappa shape index (κ3) is 2.72. The van der Waals surface area contributed by atoms with Crippen molar-refractivity contribution in [2.24, 2.45) is 5.10 Å². The number of anilines is 1. The number of aromatic hydroxyl groups is 1. The van der Waals surface area contributed by atoms with E-state index < -0.39 is 10.7 Å². The van der Waals surface area contributed by atoms with Crippen LogP contribution in [0.15, 0.2) is 47.6 Å². The lowest BCUT2D eigenvalue weighted by atomic mass is 10.2. The molecule has 0 saturated carbocycles. The number of hydrogen-bond acceptors (Lipinski definition) is 7. The average Bonchev–Trinajstić information content (AvgIpc) is 2.91. The van der Waals surface area contributed by atoms with Crippen LogP contribution in [0.2, 0.25) is 0 Å². The molecule has 110 valence electrons. The van der Waals surface area contributed by atoms with Crippen LogP contribution in [0.1, 0.15) is 5.56 Å². The Bertz CT molecular complexity index is 842. The first-order valence-electron chi connectivity index (χ1n) is 6.26. The lowest BCUT2D eigenvalue weighted by molar-refractivity contribution is -0.385. The van der Waals surface area contributed by atoms with Crippen LogP contribution in [0.5, 0.6) is 5.75 Å². The van der Waals surface area contributed by atoms with Crippen molar-refractivity contribution in [1.82, 2.24) is 4.98 Å². The van der Waals surface area contributed by atoms with E-state index in [1.165, 1.54) is 35.8 Å². The number of nitro groups is 1. The van der Waals surface area contributed by atoms with Crippen molar-refractivity contribution in [2.75, 3.05) is 5.43 Å². The number of phenols is 1. The highest BCUT2D eigenvalue weighted by atomic mass is 32.1. The number of para-hydroxylation sites is 2. The molecule has 0 aliphatic heterocycles. The Morgan fingerprint density at radius 1 is 1.27 bits per heavy atom. The molecule has 0 amide bonds. The number of benzene rings is 2. The lowest BCUT2D eigenvalue weighted by Gasteiger charge is -1.99. The highest BCUT2D eigenvalue weighted by Gasteiger charge is 2.15. The van der Waals surface area contributed by atoms with Crippen LogP contribution in [0.25, 0.3) is 10.2 Å². The van der Waals surface area contributed by atoms with Crippen molar-refractivity contribution in [3.05, 3.63) is 58.1 Å². The van der Waals surface area contributed by atoms with E-state index in [4.69, 9.17) is 0 Å². The smallest absolute Gasteiger partial charge is 0.311 e. The van der Waals surface area contributed by atoms with Crippen LogP contribution in [-0.4, -0.2) is 21.2 Å². The van der Waals surface area contributed by atoms with Gasteiger partial charge in [-0.1, -0.05) is 29.5 Å². The number of nitrogens with zero attached hydrogens (tertiary/aromatic N) is 3. The van der Waals surface area contributed by atoms with E-state index in [0.29, 0.717) is 5.13 Å². The van der Waals surface area contributed by atoms with Crippen molar-refractivity contribution < 1.29 is 10.0 Å². The summed E-state index contributed by atoms with van der Waals surface area (Å²) in [6.45, 7) is 0. The third-order valence-corrected chi connectivity index (χ3v) is 3.84. The Hall–Kier alpha value is -3.00. The van der Waals surface area contributed by atoms with Crippen LogP contribution in [0.4, 0.5) is 10.8 Å². The van der Waals surface area contributed by atoms with Gasteiger partial charge in [0.2, 0.25) is 10.9 Å². The number of phenolic OH excluding ortho intramolecular Hbond substituents is 1. The van der Waals surface area contributed by atoms with Gasteiger partial charge in [-0.15, -0.1) is 0 Å². The molecule has 0 fully saturated rings. The number of hydrazone groups is 1. The summed E-state index contributed by atoms with van der Waals surface area (Å²) < 4.78 is 1.03. The molecule has 0 saturated heterocycles. The Morgan fingerprint density at radius 3 is 2.86 bits per heavy atom. The van der Waals surface area contributed by atoms with Gasteiger partial charge in [0, 0.05) is 11.6 Å². The van der Waals surface area contributed by atoms with Gasteiger partial charge in [0.1, 0.15) is 0 Å². The van der Waals surface area contributed by atoms with Crippen LogP contribution in [-0.2, 0) is 0 Å². The third-order valence-electron chi connectivity index (χ3n) is 2.90. The fourth-order valence-electron chi connectivity index (χ4n) is 1.88. The summed E-state index contributed by atoms with van der Waals surface area (Å²) in [6, 6.07) is 11.9. The zero-order valence-electron chi connectivity index (χ0n) is 11.1. The monoisotopic (exact) mass is 314 g/mol. The molecule has 8 heteroatoms. The molecule has 0 atom stereocenters. The maximum atomic E-state index is 10.7. The zero-order valence-corrected chi connectivity index (χ0v) is 11.9. The second kappa shape index (κ2) is 5.78. The van der Waals surface area contributed by atoms with E-state index in [0.717, 1.165) is 10.2 Å². The molecule has 0 unspecified atom stereocenters. The predicted molar refractivity (Wildman–Crippen MR) is 85.6 cm³/mol. The molecule has 1 aromatic heterocycles. The van der Waals surface area contributed by atoms with Gasteiger partial charge >= 0.3 is 5.69 Å². The summed E-state index contributed by atoms with van der Waals surface area (Å²) in [6.07, 6.45) is 1.31. The molecule has 22 heavy (non-hydrogen) atoms. The molecule has 0 radical (unpaired) electrons. The number of thiazole rings is 1. The van der Waals surface area contributed by atoms with Crippen molar-refractivity contribution in [3.63, 3.8) is 0 Å². The first kappa shape index (κ1) is 14.0. The van der Waals surface area contributed by atoms with Crippen molar-refractivity contribution in [3.8, 4) is 5.75 Å². The highest BCUT2D eigenvalue weighted by Crippen LogP contribution is 2.28. The molecule has 2 aromatic carbocycles. The number of rotatable bonds is 4. The van der Waals surface area contributed by atoms with Gasteiger partial charge in [0.05, 0.1) is 21.4 Å². The number of fused-ring (bicyclic) bond motifs is 1. The molecule has 3 rings (SSSR count). The first-order valence-corrected chi connectivity index (χ1v) is 7.08. The standard InChI is InChI=1S/C14H10N4O3S/c19-13-9(4-3-6-11(13)18(20)21)8-15-17-14-16-10-5-1-2-7-12(10)22-14/h1-8,19H,(H,16,17)/b15-8+. The van der Waals surface area contributed by atoms with E-state index in [2.05, 4.69) is 15.5 Å². The van der Waals surface area contributed by atoms with Crippen molar-refractivity contribution in [1.29, 1.82) is 0 Å². The van der Waals surface area contributed by atoms with E-state index >= 15 is 0 Å². The fraction of sp³-hybridized carbons (Fsp3) is 0. The van der Waals surface area contributed by atoms with E-state index in [1.54, 1.807) is 0 Å². The molecule has 1 heterocycles. The van der Waals surface area contributed by atoms with Gasteiger partial charge in [0.15, 0.2) is 0 Å². The molecule has 7 nitrogen and oxygen atoms in total. The Balaban J connectivity index is 1.80. The number of aromatic nitrogens is 1. The van der Waals surface area contributed by atoms with Gasteiger partial charge < -0.3 is 5.11 Å². The molecule has 0 aliphatic rings. The zero-order chi connectivity index (χ0) is 15.5. The Labute approximate surface area is 128 Å². The highest BCUT2D eigenvalue weighted by molar-refractivity contribution is 7.22. The minimum atomic E-state index is -0.645. The van der Waals surface area contributed by atoms with Crippen molar-refractivity contribution in [2.45, 2.75) is 0 Å². The average molecular weight is 314 g/mol. The minimum Gasteiger partial charge on any atom is -0.502 e. The summed E-state index contributed by atoms with van der Waals surface area (Å²) >= 11 is 1.44. The maximum Gasteiger partial charge on any atom is 0.311 e. The summed E-state index contributed by atoms with van der Waals surface area (Å²) in [5, 5.41) is 25.1. The summed E-state index contributed by atoms with van der Waals surface area (Å²) in [4.78, 5) is 14.4. The molecule has 0 bridgehead atoms. The normalized spacial score (nSPS) is 11.1. The summed E-state index contributed by atoms with van der Waals surface area (Å²) in [5.74, 6) is -0.414. The second-order valence-electron chi connectivity index (χ2n) is 4.33. The molecular formula is C14H10N4O3S. The first-order chi connectivity index (χ1) is 10.6. The molecule has 0 aliphatic carbocycles. The van der Waals surface area contributed by atoms with Gasteiger partial charge in [-0.3, -0.25) is 15.5 Å². The van der Waals surface area contributed by atoms with Gasteiger partial charge in [-0.25, -0.2) is 4.98 Å². The van der Waals surface area contributed by atoms with Crippen LogP contribution in [0, 0.1) is 10.1 Å². The predicted octanol–water partition coefficient (Wildman–Crippen LogP) is 3.36. The van der Waals surface area contributed by atoms with Gasteiger partial charge in [-0.05, 0) is 18.2 Å². The van der Waals surface area contributed by atoms with E-state index in [-0.39, 0.29) is 11.3 Å². The van der Waals surface area contributed by atoms with Gasteiger partial charge in [-0.2, -0.15) is 5.10 Å². The second-order valence-corrected chi connectivity index (χ2v) is 5.36. The Kier molecular flexibility index (Phi) is 3.67.